The Labute approximate surface area is 132 Å². The zero-order chi connectivity index (χ0) is 15.5. The molecular formula is C16H26N2O3S. The van der Waals surface area contributed by atoms with Gasteiger partial charge in [0, 0.05) is 25.0 Å². The first-order chi connectivity index (χ1) is 10.5. The van der Waals surface area contributed by atoms with Crippen LogP contribution in [-0.4, -0.2) is 44.1 Å². The first-order valence-electron chi connectivity index (χ1n) is 8.79. The lowest BCUT2D eigenvalue weighted by atomic mass is 10.00. The van der Waals surface area contributed by atoms with Crippen molar-refractivity contribution in [2.75, 3.05) is 18.8 Å². The molecule has 4 fully saturated rings. The van der Waals surface area contributed by atoms with Crippen LogP contribution >= 0.6 is 0 Å². The van der Waals surface area contributed by atoms with Crippen LogP contribution in [0.2, 0.25) is 0 Å². The summed E-state index contributed by atoms with van der Waals surface area (Å²) in [5, 5.41) is 0. The van der Waals surface area contributed by atoms with Crippen LogP contribution in [0, 0.1) is 29.6 Å². The van der Waals surface area contributed by atoms with Gasteiger partial charge in [-0.3, -0.25) is 4.79 Å². The Morgan fingerprint density at radius 1 is 1.09 bits per heavy atom. The molecule has 1 saturated heterocycles. The number of likely N-dealkylation sites (tertiary alicyclic amines) is 1. The van der Waals surface area contributed by atoms with Crippen LogP contribution in [-0.2, 0) is 14.8 Å². The lowest BCUT2D eigenvalue weighted by Gasteiger charge is -2.33. The Balaban J connectivity index is 1.30. The number of hydrogen-bond acceptors (Lipinski definition) is 3. The summed E-state index contributed by atoms with van der Waals surface area (Å²) in [6.45, 7) is 3.07. The number of rotatable bonds is 4. The van der Waals surface area contributed by atoms with Gasteiger partial charge >= 0.3 is 0 Å². The van der Waals surface area contributed by atoms with E-state index in [9.17, 15) is 13.2 Å². The lowest BCUT2D eigenvalue weighted by Crippen LogP contribution is -2.47. The van der Waals surface area contributed by atoms with E-state index in [4.69, 9.17) is 0 Å². The molecule has 4 aliphatic rings. The first kappa shape index (κ1) is 14.9. The fourth-order valence-electron chi connectivity index (χ4n) is 5.42. The van der Waals surface area contributed by atoms with E-state index in [1.54, 1.807) is 6.92 Å². The number of amides is 1. The van der Waals surface area contributed by atoms with Gasteiger partial charge in [0.15, 0.2) is 0 Å². The Morgan fingerprint density at radius 3 is 2.23 bits per heavy atom. The number of hydrogen-bond donors (Lipinski definition) is 1. The van der Waals surface area contributed by atoms with Gasteiger partial charge in [-0.2, -0.15) is 0 Å². The van der Waals surface area contributed by atoms with Crippen molar-refractivity contribution in [1.29, 1.82) is 0 Å². The fourth-order valence-corrected chi connectivity index (χ4v) is 6.33. The highest BCUT2D eigenvalue weighted by Gasteiger charge is 2.67. The lowest BCUT2D eigenvalue weighted by molar-refractivity contribution is -0.134. The predicted octanol–water partition coefficient (Wildman–Crippen LogP) is 1.21. The summed E-state index contributed by atoms with van der Waals surface area (Å²) >= 11 is 0. The van der Waals surface area contributed by atoms with Crippen molar-refractivity contribution in [3.05, 3.63) is 0 Å². The Hall–Kier alpha value is -0.620. The van der Waals surface area contributed by atoms with Gasteiger partial charge in [0.05, 0.1) is 5.75 Å². The number of carbonyl (C=O) groups excluding carboxylic acids is 1. The molecule has 5 nitrogen and oxygen atoms in total. The molecule has 1 amide bonds. The minimum atomic E-state index is -3.13. The van der Waals surface area contributed by atoms with Gasteiger partial charge < -0.3 is 4.90 Å². The summed E-state index contributed by atoms with van der Waals surface area (Å²) in [4.78, 5) is 14.7. The monoisotopic (exact) mass is 326 g/mol. The highest BCUT2D eigenvalue weighted by Crippen LogP contribution is 2.69. The summed E-state index contributed by atoms with van der Waals surface area (Å²) < 4.78 is 26.0. The number of sulfonamides is 1. The molecule has 3 saturated carbocycles. The second-order valence-electron chi connectivity index (χ2n) is 7.63. The first-order valence-corrected chi connectivity index (χ1v) is 10.4. The number of piperidine rings is 1. The van der Waals surface area contributed by atoms with Crippen molar-refractivity contribution in [1.82, 2.24) is 9.62 Å². The quantitative estimate of drug-likeness (QED) is 0.844. The number of fused-ring (bicyclic) bond motifs is 5. The third-order valence-corrected chi connectivity index (χ3v) is 8.01. The van der Waals surface area contributed by atoms with Gasteiger partial charge in [-0.1, -0.05) is 0 Å². The maximum atomic E-state index is 12.7. The molecule has 1 N–H and O–H groups in total. The molecule has 0 unspecified atom stereocenters. The van der Waals surface area contributed by atoms with Gasteiger partial charge in [-0.05, 0) is 62.7 Å². The van der Waals surface area contributed by atoms with Crippen LogP contribution in [0.5, 0.6) is 0 Å². The second-order valence-corrected chi connectivity index (χ2v) is 9.68. The molecule has 1 aliphatic heterocycles. The van der Waals surface area contributed by atoms with Crippen LogP contribution in [0.4, 0.5) is 0 Å². The van der Waals surface area contributed by atoms with E-state index in [0.717, 1.165) is 24.7 Å². The summed E-state index contributed by atoms with van der Waals surface area (Å²) in [6.07, 6.45) is 5.56. The molecule has 4 rings (SSSR count). The molecule has 0 spiro atoms. The van der Waals surface area contributed by atoms with Crippen LogP contribution in [0.1, 0.15) is 39.0 Å². The smallest absolute Gasteiger partial charge is 0.226 e. The van der Waals surface area contributed by atoms with Crippen molar-refractivity contribution in [2.45, 2.75) is 45.1 Å². The number of nitrogens with zero attached hydrogens (tertiary/aromatic N) is 1. The fraction of sp³-hybridized carbons (Fsp3) is 0.938. The van der Waals surface area contributed by atoms with Gasteiger partial charge in [-0.25, -0.2) is 13.1 Å². The van der Waals surface area contributed by atoms with Crippen molar-refractivity contribution < 1.29 is 13.2 Å². The van der Waals surface area contributed by atoms with E-state index in [1.807, 2.05) is 4.90 Å². The second kappa shape index (κ2) is 5.20. The normalized spacial score (nSPS) is 40.8. The number of nitrogens with one attached hydrogen (secondary N) is 1. The maximum Gasteiger partial charge on any atom is 0.226 e. The minimum absolute atomic E-state index is 0.00360. The molecule has 22 heavy (non-hydrogen) atoms. The summed E-state index contributed by atoms with van der Waals surface area (Å²) in [6, 6.07) is 0.00360. The van der Waals surface area contributed by atoms with E-state index in [0.29, 0.717) is 36.8 Å². The van der Waals surface area contributed by atoms with Crippen LogP contribution in [0.15, 0.2) is 0 Å². The Morgan fingerprint density at radius 2 is 1.68 bits per heavy atom. The van der Waals surface area contributed by atoms with Gasteiger partial charge in [0.25, 0.3) is 0 Å². The molecule has 0 aromatic carbocycles. The molecule has 4 atom stereocenters. The van der Waals surface area contributed by atoms with E-state index in [1.165, 1.54) is 19.3 Å². The SMILES string of the molecule is CCS(=O)(=O)NC1CCN(C(=O)C2[C@H]3[C@H]4CC[C@@H](C4)[C@H]23)CC1. The molecule has 124 valence electrons. The van der Waals surface area contributed by atoms with Crippen molar-refractivity contribution in [2.24, 2.45) is 29.6 Å². The Bertz CT molecular complexity index is 552. The van der Waals surface area contributed by atoms with Crippen LogP contribution in [0.3, 0.4) is 0 Å². The molecule has 1 heterocycles. The zero-order valence-corrected chi connectivity index (χ0v) is 14.0. The van der Waals surface area contributed by atoms with Crippen molar-refractivity contribution in [3.8, 4) is 0 Å². The van der Waals surface area contributed by atoms with Gasteiger partial charge in [0.1, 0.15) is 0 Å². The molecule has 0 radical (unpaired) electrons. The van der Waals surface area contributed by atoms with Crippen LogP contribution < -0.4 is 4.72 Å². The van der Waals surface area contributed by atoms with Crippen molar-refractivity contribution >= 4 is 15.9 Å². The third-order valence-electron chi connectivity index (χ3n) is 6.55. The average molecular weight is 326 g/mol. The molecule has 3 aliphatic carbocycles. The van der Waals surface area contributed by atoms with Crippen molar-refractivity contribution in [3.63, 3.8) is 0 Å². The van der Waals surface area contributed by atoms with Gasteiger partial charge in [0.2, 0.25) is 15.9 Å². The van der Waals surface area contributed by atoms with E-state index in [-0.39, 0.29) is 11.8 Å². The topological polar surface area (TPSA) is 66.5 Å². The molecule has 0 aromatic heterocycles. The van der Waals surface area contributed by atoms with E-state index in [2.05, 4.69) is 4.72 Å². The standard InChI is InChI=1S/C16H26N2O3S/c1-2-22(20,21)17-12-5-7-18(8-6-12)16(19)15-13-10-3-4-11(9-10)14(13)15/h10-15,17H,2-9H2,1H3/t10-,11-,13-,14-/m0/s1. The summed E-state index contributed by atoms with van der Waals surface area (Å²) in [5.41, 5.74) is 0. The van der Waals surface area contributed by atoms with E-state index >= 15 is 0 Å². The minimum Gasteiger partial charge on any atom is -0.342 e. The molecule has 0 aromatic rings. The number of carbonyl (C=O) groups is 1. The highest BCUT2D eigenvalue weighted by atomic mass is 32.2. The Kier molecular flexibility index (Phi) is 3.53. The molecule has 6 heteroatoms. The maximum absolute atomic E-state index is 12.7. The molecular weight excluding hydrogens is 300 g/mol. The average Bonchev–Trinajstić information content (AvgIpc) is 2.94. The highest BCUT2D eigenvalue weighted by molar-refractivity contribution is 7.89. The van der Waals surface area contributed by atoms with Crippen LogP contribution in [0.25, 0.3) is 0 Å². The zero-order valence-electron chi connectivity index (χ0n) is 13.2. The third kappa shape index (κ3) is 2.39. The van der Waals surface area contributed by atoms with E-state index < -0.39 is 10.0 Å². The molecule has 2 bridgehead atoms. The summed E-state index contributed by atoms with van der Waals surface area (Å²) in [5.74, 6) is 3.86. The largest absolute Gasteiger partial charge is 0.342 e. The summed E-state index contributed by atoms with van der Waals surface area (Å²) in [7, 11) is -3.13. The van der Waals surface area contributed by atoms with Gasteiger partial charge in [-0.15, -0.1) is 0 Å². The predicted molar refractivity (Wildman–Crippen MR) is 83.5 cm³/mol.